The first-order valence-corrected chi connectivity index (χ1v) is 4.29. The molecule has 0 saturated carbocycles. The molecular weight excluding hydrogens is 193 g/mol. The molecule has 0 radical (unpaired) electrons. The standard InChI is InChI=1S/C9H11ClFNO/c1-6-8(10)4-7(2-3-13-12)5-9(6)11/h4-5H,2-3,12H2,1H3. The monoisotopic (exact) mass is 203 g/mol. The summed E-state index contributed by atoms with van der Waals surface area (Å²) >= 11 is 5.79. The first-order chi connectivity index (χ1) is 6.15. The Labute approximate surface area is 81.4 Å². The van der Waals surface area contributed by atoms with E-state index in [1.807, 2.05) is 0 Å². The highest BCUT2D eigenvalue weighted by Crippen LogP contribution is 2.20. The first kappa shape index (κ1) is 10.4. The maximum Gasteiger partial charge on any atom is 0.127 e. The molecule has 1 aromatic carbocycles. The van der Waals surface area contributed by atoms with Gasteiger partial charge in [0.2, 0.25) is 0 Å². The predicted molar refractivity (Wildman–Crippen MR) is 50.0 cm³/mol. The van der Waals surface area contributed by atoms with E-state index in [0.717, 1.165) is 5.56 Å². The zero-order valence-electron chi connectivity index (χ0n) is 7.31. The van der Waals surface area contributed by atoms with Gasteiger partial charge in [0.05, 0.1) is 6.61 Å². The van der Waals surface area contributed by atoms with Gasteiger partial charge in [0.15, 0.2) is 0 Å². The first-order valence-electron chi connectivity index (χ1n) is 3.91. The van der Waals surface area contributed by atoms with Crippen molar-refractivity contribution in [2.75, 3.05) is 6.61 Å². The topological polar surface area (TPSA) is 35.2 Å². The number of hydrogen-bond acceptors (Lipinski definition) is 2. The minimum Gasteiger partial charge on any atom is -0.304 e. The lowest BCUT2D eigenvalue weighted by Gasteiger charge is -2.04. The highest BCUT2D eigenvalue weighted by molar-refractivity contribution is 6.31. The molecule has 0 unspecified atom stereocenters. The van der Waals surface area contributed by atoms with Gasteiger partial charge in [-0.2, -0.15) is 0 Å². The molecule has 0 amide bonds. The van der Waals surface area contributed by atoms with Crippen LogP contribution in [0.2, 0.25) is 5.02 Å². The van der Waals surface area contributed by atoms with Gasteiger partial charge in [-0.25, -0.2) is 10.3 Å². The van der Waals surface area contributed by atoms with E-state index >= 15 is 0 Å². The van der Waals surface area contributed by atoms with Gasteiger partial charge in [0.1, 0.15) is 5.82 Å². The molecule has 0 fully saturated rings. The molecule has 0 aromatic heterocycles. The lowest BCUT2D eigenvalue weighted by molar-refractivity contribution is 0.141. The van der Waals surface area contributed by atoms with Crippen LogP contribution in [0.4, 0.5) is 4.39 Å². The fraction of sp³-hybridized carbons (Fsp3) is 0.333. The molecule has 2 nitrogen and oxygen atoms in total. The van der Waals surface area contributed by atoms with Gasteiger partial charge in [0, 0.05) is 10.6 Å². The van der Waals surface area contributed by atoms with Crippen LogP contribution < -0.4 is 5.90 Å². The number of rotatable bonds is 3. The normalized spacial score (nSPS) is 10.5. The Morgan fingerprint density at radius 3 is 2.77 bits per heavy atom. The maximum atomic E-state index is 13.1. The average molecular weight is 204 g/mol. The van der Waals surface area contributed by atoms with Gasteiger partial charge in [-0.1, -0.05) is 11.6 Å². The third-order valence-electron chi connectivity index (χ3n) is 1.85. The second-order valence-corrected chi connectivity index (χ2v) is 3.21. The molecule has 1 aromatic rings. The molecule has 4 heteroatoms. The van der Waals surface area contributed by atoms with E-state index in [9.17, 15) is 4.39 Å². The molecule has 0 aliphatic heterocycles. The maximum absolute atomic E-state index is 13.1. The van der Waals surface area contributed by atoms with Crippen molar-refractivity contribution in [1.29, 1.82) is 0 Å². The van der Waals surface area contributed by atoms with Crippen LogP contribution >= 0.6 is 11.6 Å². The van der Waals surface area contributed by atoms with Crippen molar-refractivity contribution < 1.29 is 9.23 Å². The quantitative estimate of drug-likeness (QED) is 0.765. The Balaban J connectivity index is 2.86. The average Bonchev–Trinajstić information content (AvgIpc) is 2.10. The zero-order valence-corrected chi connectivity index (χ0v) is 8.07. The summed E-state index contributed by atoms with van der Waals surface area (Å²) in [4.78, 5) is 4.39. The molecule has 0 aliphatic rings. The van der Waals surface area contributed by atoms with E-state index in [0.29, 0.717) is 23.6 Å². The number of halogens is 2. The molecular formula is C9H11ClFNO. The summed E-state index contributed by atoms with van der Waals surface area (Å²) in [5, 5.41) is 0.437. The van der Waals surface area contributed by atoms with E-state index in [-0.39, 0.29) is 5.82 Å². The van der Waals surface area contributed by atoms with Crippen molar-refractivity contribution in [2.24, 2.45) is 5.90 Å². The Morgan fingerprint density at radius 2 is 2.23 bits per heavy atom. The van der Waals surface area contributed by atoms with Crippen LogP contribution in [0.5, 0.6) is 0 Å². The van der Waals surface area contributed by atoms with Crippen LogP contribution in [0.25, 0.3) is 0 Å². The van der Waals surface area contributed by atoms with Gasteiger partial charge in [-0.15, -0.1) is 0 Å². The summed E-state index contributed by atoms with van der Waals surface area (Å²) in [5.41, 5.74) is 1.26. The van der Waals surface area contributed by atoms with Crippen LogP contribution in [0, 0.1) is 12.7 Å². The van der Waals surface area contributed by atoms with E-state index in [2.05, 4.69) is 4.84 Å². The van der Waals surface area contributed by atoms with Gasteiger partial charge in [-0.3, -0.25) is 0 Å². The van der Waals surface area contributed by atoms with Crippen LogP contribution in [-0.4, -0.2) is 6.61 Å². The Hall–Kier alpha value is -0.640. The largest absolute Gasteiger partial charge is 0.304 e. The highest BCUT2D eigenvalue weighted by Gasteiger charge is 2.04. The zero-order chi connectivity index (χ0) is 9.84. The van der Waals surface area contributed by atoms with Crippen LogP contribution in [-0.2, 0) is 11.3 Å². The van der Waals surface area contributed by atoms with E-state index in [1.54, 1.807) is 13.0 Å². The van der Waals surface area contributed by atoms with E-state index < -0.39 is 0 Å². The van der Waals surface area contributed by atoms with Crippen molar-refractivity contribution in [3.8, 4) is 0 Å². The molecule has 0 heterocycles. The molecule has 0 spiro atoms. The molecule has 13 heavy (non-hydrogen) atoms. The summed E-state index contributed by atoms with van der Waals surface area (Å²) in [6, 6.07) is 3.17. The second-order valence-electron chi connectivity index (χ2n) is 2.81. The Morgan fingerprint density at radius 1 is 1.54 bits per heavy atom. The minimum atomic E-state index is -0.292. The summed E-state index contributed by atoms with van der Waals surface area (Å²) in [6.07, 6.45) is 0.563. The lowest BCUT2D eigenvalue weighted by atomic mass is 10.1. The van der Waals surface area contributed by atoms with Gasteiger partial charge in [0.25, 0.3) is 0 Å². The third kappa shape index (κ3) is 2.66. The summed E-state index contributed by atoms with van der Waals surface area (Å²) in [7, 11) is 0. The van der Waals surface area contributed by atoms with E-state index in [1.165, 1.54) is 6.07 Å². The van der Waals surface area contributed by atoms with Crippen molar-refractivity contribution >= 4 is 11.6 Å². The summed E-state index contributed by atoms with van der Waals surface area (Å²) in [5.74, 6) is 4.56. The molecule has 0 saturated heterocycles. The molecule has 2 N–H and O–H groups in total. The van der Waals surface area contributed by atoms with Gasteiger partial charge >= 0.3 is 0 Å². The molecule has 72 valence electrons. The van der Waals surface area contributed by atoms with Crippen molar-refractivity contribution in [3.05, 3.63) is 34.1 Å². The molecule has 1 rings (SSSR count). The highest BCUT2D eigenvalue weighted by atomic mass is 35.5. The number of nitrogens with two attached hydrogens (primary N) is 1. The third-order valence-corrected chi connectivity index (χ3v) is 2.24. The predicted octanol–water partition coefficient (Wildman–Crippen LogP) is 2.22. The van der Waals surface area contributed by atoms with Gasteiger partial charge < -0.3 is 4.84 Å². The second kappa shape index (κ2) is 4.56. The van der Waals surface area contributed by atoms with Crippen LogP contribution in [0.3, 0.4) is 0 Å². The minimum absolute atomic E-state index is 0.292. The number of benzene rings is 1. The fourth-order valence-corrected chi connectivity index (χ4v) is 1.25. The molecule has 0 bridgehead atoms. The van der Waals surface area contributed by atoms with Crippen molar-refractivity contribution in [1.82, 2.24) is 0 Å². The Bertz CT molecular complexity index is 281. The molecule has 0 aliphatic carbocycles. The Kier molecular flexibility index (Phi) is 3.66. The molecule has 0 atom stereocenters. The van der Waals surface area contributed by atoms with Crippen LogP contribution in [0.1, 0.15) is 11.1 Å². The smallest absolute Gasteiger partial charge is 0.127 e. The van der Waals surface area contributed by atoms with Crippen molar-refractivity contribution in [3.63, 3.8) is 0 Å². The fourth-order valence-electron chi connectivity index (χ4n) is 1.02. The summed E-state index contributed by atoms with van der Waals surface area (Å²) < 4.78 is 13.1. The summed E-state index contributed by atoms with van der Waals surface area (Å²) in [6.45, 7) is 2.00. The number of hydrogen-bond donors (Lipinski definition) is 1. The lowest BCUT2D eigenvalue weighted by Crippen LogP contribution is -2.04. The van der Waals surface area contributed by atoms with Crippen molar-refractivity contribution in [2.45, 2.75) is 13.3 Å². The van der Waals surface area contributed by atoms with E-state index in [4.69, 9.17) is 17.5 Å². The SMILES string of the molecule is Cc1c(F)cc(CCON)cc1Cl. The van der Waals surface area contributed by atoms with Crippen LogP contribution in [0.15, 0.2) is 12.1 Å². The van der Waals surface area contributed by atoms with Gasteiger partial charge in [-0.05, 0) is 31.0 Å².